The highest BCUT2D eigenvalue weighted by molar-refractivity contribution is 8.00. The number of carbonyl (C=O) groups excluding carboxylic acids is 1. The summed E-state index contributed by atoms with van der Waals surface area (Å²) in [5, 5.41) is 16.2. The van der Waals surface area contributed by atoms with Crippen LogP contribution in [0.2, 0.25) is 0 Å². The lowest BCUT2D eigenvalue weighted by Crippen LogP contribution is -2.31. The van der Waals surface area contributed by atoms with Crippen LogP contribution < -0.4 is 5.11 Å². The van der Waals surface area contributed by atoms with E-state index in [2.05, 4.69) is 15.2 Å². The van der Waals surface area contributed by atoms with Gasteiger partial charge < -0.3 is 9.90 Å². The minimum atomic E-state index is -1.11. The lowest BCUT2D eigenvalue weighted by atomic mass is 10.5. The average molecular weight is 172 g/mol. The Morgan fingerprint density at radius 3 is 3.09 bits per heavy atom. The Bertz CT molecular complexity index is 236. The molecule has 60 valence electrons. The topological polar surface area (TPSA) is 81.7 Å². The Balaban J connectivity index is 2.50. The molecule has 0 unspecified atom stereocenters. The molecule has 0 amide bonds. The summed E-state index contributed by atoms with van der Waals surface area (Å²) < 4.78 is 0. The number of hydrogen-bond donors (Lipinski definition) is 1. The third-order valence-corrected chi connectivity index (χ3v) is 1.98. The molecule has 0 aliphatic carbocycles. The van der Waals surface area contributed by atoms with Crippen molar-refractivity contribution in [1.29, 1.82) is 0 Å². The number of rotatable bonds is 3. The predicted octanol–water partition coefficient (Wildman–Crippen LogP) is -0.965. The molecule has 0 aliphatic rings. The molecule has 1 aromatic heterocycles. The number of nitrogens with zero attached hydrogens (tertiary/aromatic N) is 2. The molecule has 0 radical (unpaired) electrons. The number of aromatic nitrogens is 3. The Kier molecular flexibility index (Phi) is 2.48. The van der Waals surface area contributed by atoms with Crippen molar-refractivity contribution in [2.75, 3.05) is 0 Å². The van der Waals surface area contributed by atoms with Crippen molar-refractivity contribution in [2.24, 2.45) is 0 Å². The summed E-state index contributed by atoms with van der Waals surface area (Å²) in [5.41, 5.74) is 0. The molecule has 0 bridgehead atoms. The average Bonchev–Trinajstić information content (AvgIpc) is 2.39. The molecule has 0 spiro atoms. The third kappa shape index (κ3) is 2.23. The van der Waals surface area contributed by atoms with Crippen molar-refractivity contribution < 1.29 is 9.90 Å². The van der Waals surface area contributed by atoms with Gasteiger partial charge in [0.05, 0.1) is 5.97 Å². The van der Waals surface area contributed by atoms with Crippen LogP contribution >= 0.6 is 11.8 Å². The molecule has 0 saturated heterocycles. The first kappa shape index (κ1) is 8.06. The number of aliphatic carboxylic acids is 1. The smallest absolute Gasteiger partial charge is 0.184 e. The van der Waals surface area contributed by atoms with E-state index in [0.29, 0.717) is 5.16 Å². The van der Waals surface area contributed by atoms with E-state index in [9.17, 15) is 9.90 Å². The minimum absolute atomic E-state index is 0.488. The molecule has 1 aromatic rings. The lowest BCUT2D eigenvalue weighted by Gasteiger charge is -2.08. The lowest BCUT2D eigenvalue weighted by molar-refractivity contribution is -0.304. The van der Waals surface area contributed by atoms with Gasteiger partial charge in [-0.25, -0.2) is 4.98 Å². The Morgan fingerprint density at radius 2 is 2.64 bits per heavy atom. The van der Waals surface area contributed by atoms with Crippen molar-refractivity contribution in [3.8, 4) is 0 Å². The van der Waals surface area contributed by atoms with Crippen LogP contribution in [-0.2, 0) is 4.79 Å². The summed E-state index contributed by atoms with van der Waals surface area (Å²) in [5.74, 6) is -1.11. The van der Waals surface area contributed by atoms with Crippen LogP contribution in [0.3, 0.4) is 0 Å². The summed E-state index contributed by atoms with van der Waals surface area (Å²) >= 11 is 1.07. The largest absolute Gasteiger partial charge is 0.549 e. The molecule has 1 atom stereocenters. The van der Waals surface area contributed by atoms with Crippen LogP contribution in [0.5, 0.6) is 0 Å². The van der Waals surface area contributed by atoms with E-state index in [1.165, 1.54) is 13.3 Å². The van der Waals surface area contributed by atoms with Gasteiger partial charge in [-0.15, -0.1) is 0 Å². The summed E-state index contributed by atoms with van der Waals surface area (Å²) in [6.45, 7) is 1.53. The van der Waals surface area contributed by atoms with Crippen LogP contribution in [0, 0.1) is 0 Å². The van der Waals surface area contributed by atoms with E-state index < -0.39 is 11.2 Å². The SMILES string of the molecule is C[C@@H](Sc1ncn[nH]1)C(=O)[O-]. The molecule has 0 saturated carbocycles. The second-order valence-electron chi connectivity index (χ2n) is 1.87. The Labute approximate surface area is 67.2 Å². The quantitative estimate of drug-likeness (QED) is 0.593. The zero-order chi connectivity index (χ0) is 8.27. The van der Waals surface area contributed by atoms with Gasteiger partial charge in [-0.2, -0.15) is 5.10 Å². The summed E-state index contributed by atoms with van der Waals surface area (Å²) in [6, 6.07) is 0. The van der Waals surface area contributed by atoms with Crippen LogP contribution in [0.15, 0.2) is 11.5 Å². The number of thioether (sulfide) groups is 1. The maximum absolute atomic E-state index is 10.2. The number of aromatic amines is 1. The van der Waals surface area contributed by atoms with Crippen molar-refractivity contribution in [2.45, 2.75) is 17.3 Å². The van der Waals surface area contributed by atoms with Gasteiger partial charge in [0.25, 0.3) is 0 Å². The molecule has 11 heavy (non-hydrogen) atoms. The molecule has 0 fully saturated rings. The van der Waals surface area contributed by atoms with Crippen LogP contribution in [0.1, 0.15) is 6.92 Å². The number of nitrogens with one attached hydrogen (secondary N) is 1. The van der Waals surface area contributed by atoms with E-state index in [1.54, 1.807) is 0 Å². The maximum atomic E-state index is 10.2. The second kappa shape index (κ2) is 3.38. The van der Waals surface area contributed by atoms with Crippen LogP contribution in [0.25, 0.3) is 0 Å². The zero-order valence-electron chi connectivity index (χ0n) is 5.77. The van der Waals surface area contributed by atoms with Gasteiger partial charge >= 0.3 is 0 Å². The monoisotopic (exact) mass is 172 g/mol. The van der Waals surface area contributed by atoms with E-state index >= 15 is 0 Å². The van der Waals surface area contributed by atoms with Gasteiger partial charge in [0.1, 0.15) is 6.33 Å². The second-order valence-corrected chi connectivity index (χ2v) is 3.20. The first-order valence-corrected chi connectivity index (χ1v) is 3.81. The fourth-order valence-electron chi connectivity index (χ4n) is 0.467. The maximum Gasteiger partial charge on any atom is 0.184 e. The van der Waals surface area contributed by atoms with Crippen LogP contribution in [0.4, 0.5) is 0 Å². The standard InChI is InChI=1S/C5H7N3O2S/c1-3(4(9)10)11-5-6-2-7-8-5/h2-3H,1H3,(H,9,10)(H,6,7,8)/p-1/t3-/m1/s1. The Morgan fingerprint density at radius 1 is 1.91 bits per heavy atom. The number of carbonyl (C=O) groups is 1. The Hall–Kier alpha value is -1.04. The van der Waals surface area contributed by atoms with Crippen molar-refractivity contribution in [1.82, 2.24) is 15.2 Å². The molecular formula is C5H6N3O2S-. The fraction of sp³-hybridized carbons (Fsp3) is 0.400. The van der Waals surface area contributed by atoms with Gasteiger partial charge in [-0.05, 0) is 6.92 Å². The summed E-state index contributed by atoms with van der Waals surface area (Å²) in [4.78, 5) is 14.0. The van der Waals surface area contributed by atoms with Crippen molar-refractivity contribution in [3.05, 3.63) is 6.33 Å². The van der Waals surface area contributed by atoms with E-state index in [-0.39, 0.29) is 0 Å². The molecule has 1 heterocycles. The highest BCUT2D eigenvalue weighted by Crippen LogP contribution is 2.16. The highest BCUT2D eigenvalue weighted by atomic mass is 32.2. The number of hydrogen-bond acceptors (Lipinski definition) is 5. The van der Waals surface area contributed by atoms with Crippen molar-refractivity contribution >= 4 is 17.7 Å². The fourth-order valence-corrected chi connectivity index (χ4v) is 1.11. The summed E-state index contributed by atoms with van der Waals surface area (Å²) in [7, 11) is 0. The molecule has 0 aliphatic heterocycles. The molecular weight excluding hydrogens is 166 g/mol. The first-order chi connectivity index (χ1) is 5.20. The van der Waals surface area contributed by atoms with Gasteiger partial charge in [0.15, 0.2) is 5.16 Å². The number of carboxylic acid groups (broad SMARTS) is 1. The third-order valence-electron chi connectivity index (χ3n) is 1.01. The van der Waals surface area contributed by atoms with Gasteiger partial charge in [-0.1, -0.05) is 11.8 Å². The molecule has 6 heteroatoms. The van der Waals surface area contributed by atoms with Gasteiger partial charge in [0, 0.05) is 5.25 Å². The molecule has 1 rings (SSSR count). The normalized spacial score (nSPS) is 12.8. The van der Waals surface area contributed by atoms with Gasteiger partial charge in [-0.3, -0.25) is 5.10 Å². The predicted molar refractivity (Wildman–Crippen MR) is 36.7 cm³/mol. The molecule has 0 aromatic carbocycles. The number of carboxylic acids is 1. The molecule has 5 nitrogen and oxygen atoms in total. The molecule has 1 N–H and O–H groups in total. The van der Waals surface area contributed by atoms with Gasteiger partial charge in [0.2, 0.25) is 0 Å². The van der Waals surface area contributed by atoms with E-state index in [1.807, 2.05) is 0 Å². The highest BCUT2D eigenvalue weighted by Gasteiger charge is 2.06. The summed E-state index contributed by atoms with van der Waals surface area (Å²) in [6.07, 6.45) is 1.32. The number of H-pyrrole nitrogens is 1. The van der Waals surface area contributed by atoms with E-state index in [0.717, 1.165) is 11.8 Å². The zero-order valence-corrected chi connectivity index (χ0v) is 6.59. The first-order valence-electron chi connectivity index (χ1n) is 2.93. The van der Waals surface area contributed by atoms with E-state index in [4.69, 9.17) is 0 Å². The van der Waals surface area contributed by atoms with Crippen LogP contribution in [-0.4, -0.2) is 26.4 Å². The van der Waals surface area contributed by atoms with Crippen molar-refractivity contribution in [3.63, 3.8) is 0 Å². The minimum Gasteiger partial charge on any atom is -0.549 e.